The number of thioether (sulfide) groups is 2. The predicted octanol–water partition coefficient (Wildman–Crippen LogP) is 2.22. The average molecular weight is 299 g/mol. The Bertz CT molecular complexity index is 478. The molecule has 1 heterocycles. The number of nitrogen functional groups attached to an aromatic ring is 1. The highest BCUT2D eigenvalue weighted by atomic mass is 32.2. The number of hydrogen-bond donors (Lipinski definition) is 1. The maximum absolute atomic E-state index is 11.4. The molecule has 1 saturated carbocycles. The second-order valence-electron chi connectivity index (χ2n) is 4.66. The molecular formula is C12H17N3O2S2. The molecule has 0 spiro atoms. The summed E-state index contributed by atoms with van der Waals surface area (Å²) in [5, 5.41) is 1.55. The third kappa shape index (κ3) is 4.01. The first-order chi connectivity index (χ1) is 9.07. The highest BCUT2D eigenvalue weighted by molar-refractivity contribution is 7.99. The van der Waals surface area contributed by atoms with Crippen molar-refractivity contribution in [1.29, 1.82) is 0 Å². The topological polar surface area (TPSA) is 78.1 Å². The third-order valence-corrected chi connectivity index (χ3v) is 4.92. The summed E-state index contributed by atoms with van der Waals surface area (Å²) in [5.74, 6) is 1.22. The van der Waals surface area contributed by atoms with Crippen molar-refractivity contribution in [2.45, 2.75) is 29.4 Å². The van der Waals surface area contributed by atoms with E-state index in [0.717, 1.165) is 23.6 Å². The molecule has 0 aromatic carbocycles. The van der Waals surface area contributed by atoms with Crippen LogP contribution in [0.4, 0.5) is 5.82 Å². The van der Waals surface area contributed by atoms with E-state index < -0.39 is 0 Å². The van der Waals surface area contributed by atoms with Gasteiger partial charge in [0.25, 0.3) is 0 Å². The number of esters is 1. The van der Waals surface area contributed by atoms with E-state index in [1.54, 1.807) is 17.8 Å². The van der Waals surface area contributed by atoms with Gasteiger partial charge in [-0.1, -0.05) is 11.8 Å². The Morgan fingerprint density at radius 2 is 2.26 bits per heavy atom. The highest BCUT2D eigenvalue weighted by Gasteiger charge is 2.44. The Morgan fingerprint density at radius 1 is 1.53 bits per heavy atom. The lowest BCUT2D eigenvalue weighted by Crippen LogP contribution is -2.13. The summed E-state index contributed by atoms with van der Waals surface area (Å²) < 4.78 is 4.74. The summed E-state index contributed by atoms with van der Waals surface area (Å²) in [6.07, 6.45) is 4.56. The average Bonchev–Trinajstić information content (AvgIpc) is 3.16. The van der Waals surface area contributed by atoms with Crippen LogP contribution in [0.3, 0.4) is 0 Å². The minimum Gasteiger partial charge on any atom is -0.469 e. The van der Waals surface area contributed by atoms with Crippen LogP contribution in [0.1, 0.15) is 19.3 Å². The van der Waals surface area contributed by atoms with Gasteiger partial charge in [-0.2, -0.15) is 0 Å². The normalized spacial score (nSPS) is 16.1. The molecule has 19 heavy (non-hydrogen) atoms. The van der Waals surface area contributed by atoms with Crippen LogP contribution >= 0.6 is 23.5 Å². The Morgan fingerprint density at radius 3 is 2.84 bits per heavy atom. The first kappa shape index (κ1) is 14.5. The molecule has 0 aliphatic heterocycles. The second-order valence-corrected chi connectivity index (χ2v) is 6.43. The van der Waals surface area contributed by atoms with Crippen LogP contribution in [0.5, 0.6) is 0 Å². The monoisotopic (exact) mass is 299 g/mol. The van der Waals surface area contributed by atoms with Crippen LogP contribution in [0.2, 0.25) is 0 Å². The lowest BCUT2D eigenvalue weighted by atomic mass is 10.1. The molecule has 0 unspecified atom stereocenters. The molecule has 1 aliphatic carbocycles. The summed E-state index contributed by atoms with van der Waals surface area (Å²) in [5.41, 5.74) is 5.83. The summed E-state index contributed by atoms with van der Waals surface area (Å²) in [6, 6.07) is 1.78. The molecule has 2 N–H and O–H groups in total. The number of anilines is 1. The van der Waals surface area contributed by atoms with Crippen molar-refractivity contribution < 1.29 is 9.53 Å². The van der Waals surface area contributed by atoms with E-state index in [4.69, 9.17) is 10.5 Å². The molecule has 0 saturated heterocycles. The van der Waals surface area contributed by atoms with Gasteiger partial charge in [0.15, 0.2) is 5.16 Å². The van der Waals surface area contributed by atoms with Gasteiger partial charge >= 0.3 is 5.97 Å². The van der Waals surface area contributed by atoms with Crippen LogP contribution in [0.15, 0.2) is 16.2 Å². The third-order valence-electron chi connectivity index (χ3n) is 3.11. The predicted molar refractivity (Wildman–Crippen MR) is 77.2 cm³/mol. The van der Waals surface area contributed by atoms with Gasteiger partial charge in [0, 0.05) is 11.8 Å². The number of hydrogen-bond acceptors (Lipinski definition) is 7. The molecule has 0 radical (unpaired) electrons. The van der Waals surface area contributed by atoms with Crippen molar-refractivity contribution in [3.63, 3.8) is 0 Å². The molecule has 1 aromatic heterocycles. The largest absolute Gasteiger partial charge is 0.469 e. The lowest BCUT2D eigenvalue weighted by Gasteiger charge is -2.12. The standard InChI is InChI=1S/C12H17N3O2S2/c1-17-10(16)6-12(3-4-12)7-19-9-5-8(13)14-11(15-9)18-2/h5H,3-4,6-7H2,1-2H3,(H2,13,14,15). The Labute approximate surface area is 121 Å². The van der Waals surface area contributed by atoms with Gasteiger partial charge < -0.3 is 10.5 Å². The first-order valence-corrected chi connectivity index (χ1v) is 8.16. The van der Waals surface area contributed by atoms with E-state index in [0.29, 0.717) is 17.4 Å². The minimum absolute atomic E-state index is 0.0942. The maximum atomic E-state index is 11.4. The highest BCUT2D eigenvalue weighted by Crippen LogP contribution is 2.52. The van der Waals surface area contributed by atoms with Crippen molar-refractivity contribution in [3.05, 3.63) is 6.07 Å². The second kappa shape index (κ2) is 6.00. The lowest BCUT2D eigenvalue weighted by molar-refractivity contribution is -0.141. The number of ether oxygens (including phenoxy) is 1. The smallest absolute Gasteiger partial charge is 0.306 e. The van der Waals surface area contributed by atoms with Crippen molar-refractivity contribution in [2.24, 2.45) is 5.41 Å². The summed E-state index contributed by atoms with van der Waals surface area (Å²) in [7, 11) is 1.43. The Balaban J connectivity index is 1.95. The van der Waals surface area contributed by atoms with Crippen molar-refractivity contribution >= 4 is 35.3 Å². The molecule has 7 heteroatoms. The minimum atomic E-state index is -0.134. The molecule has 1 aromatic rings. The van der Waals surface area contributed by atoms with Gasteiger partial charge in [0.2, 0.25) is 0 Å². The van der Waals surface area contributed by atoms with Crippen LogP contribution in [-0.2, 0) is 9.53 Å². The van der Waals surface area contributed by atoms with Gasteiger partial charge in [-0.05, 0) is 24.5 Å². The fraction of sp³-hybridized carbons (Fsp3) is 0.583. The number of carbonyl (C=O) groups is 1. The van der Waals surface area contributed by atoms with Gasteiger partial charge in [0.1, 0.15) is 10.8 Å². The van der Waals surface area contributed by atoms with E-state index in [-0.39, 0.29) is 11.4 Å². The van der Waals surface area contributed by atoms with E-state index in [1.807, 2.05) is 6.26 Å². The van der Waals surface area contributed by atoms with Crippen molar-refractivity contribution in [2.75, 3.05) is 24.9 Å². The summed E-state index contributed by atoms with van der Waals surface area (Å²) in [4.78, 5) is 19.9. The molecule has 1 fully saturated rings. The maximum Gasteiger partial charge on any atom is 0.306 e. The van der Waals surface area contributed by atoms with Crippen molar-refractivity contribution in [1.82, 2.24) is 9.97 Å². The fourth-order valence-corrected chi connectivity index (χ4v) is 3.38. The van der Waals surface area contributed by atoms with Gasteiger partial charge in [-0.25, -0.2) is 9.97 Å². The molecule has 0 atom stereocenters. The number of aromatic nitrogens is 2. The SMILES string of the molecule is COC(=O)CC1(CSc2cc(N)nc(SC)n2)CC1. The van der Waals surface area contributed by atoms with Crippen LogP contribution in [0, 0.1) is 5.41 Å². The molecule has 5 nitrogen and oxygen atoms in total. The number of methoxy groups -OCH3 is 1. The van der Waals surface area contributed by atoms with E-state index in [1.165, 1.54) is 18.9 Å². The fourth-order valence-electron chi connectivity index (χ4n) is 1.74. The molecule has 0 bridgehead atoms. The van der Waals surface area contributed by atoms with E-state index in [9.17, 15) is 4.79 Å². The quantitative estimate of drug-likeness (QED) is 0.373. The Kier molecular flexibility index (Phi) is 4.57. The molecule has 0 amide bonds. The van der Waals surface area contributed by atoms with Crippen LogP contribution < -0.4 is 5.73 Å². The zero-order valence-corrected chi connectivity index (χ0v) is 12.6. The van der Waals surface area contributed by atoms with Gasteiger partial charge in [-0.15, -0.1) is 11.8 Å². The van der Waals surface area contributed by atoms with Crippen LogP contribution in [0.25, 0.3) is 0 Å². The van der Waals surface area contributed by atoms with Crippen molar-refractivity contribution in [3.8, 4) is 0 Å². The zero-order valence-electron chi connectivity index (χ0n) is 11.0. The molecule has 104 valence electrons. The zero-order chi connectivity index (χ0) is 13.9. The van der Waals surface area contributed by atoms with E-state index >= 15 is 0 Å². The van der Waals surface area contributed by atoms with Crippen LogP contribution in [-0.4, -0.2) is 35.1 Å². The molecule has 2 rings (SSSR count). The number of nitrogens with two attached hydrogens (primary N) is 1. The molecular weight excluding hydrogens is 282 g/mol. The number of carbonyl (C=O) groups excluding carboxylic acids is 1. The Hall–Kier alpha value is -0.950. The van der Waals surface area contributed by atoms with E-state index in [2.05, 4.69) is 9.97 Å². The van der Waals surface area contributed by atoms with Gasteiger partial charge in [-0.3, -0.25) is 4.79 Å². The summed E-state index contributed by atoms with van der Waals surface area (Å²) in [6.45, 7) is 0. The molecule has 1 aliphatic rings. The first-order valence-electron chi connectivity index (χ1n) is 5.95. The summed E-state index contributed by atoms with van der Waals surface area (Å²) >= 11 is 3.10. The number of nitrogens with zero attached hydrogens (tertiary/aromatic N) is 2. The van der Waals surface area contributed by atoms with Gasteiger partial charge in [0.05, 0.1) is 13.5 Å². The number of rotatable bonds is 6.